The smallest absolute Gasteiger partial charge is 0.227 e. The minimum absolute atomic E-state index is 0.0956. The van der Waals surface area contributed by atoms with E-state index in [4.69, 9.17) is 9.26 Å². The van der Waals surface area contributed by atoms with Crippen LogP contribution in [0.4, 0.5) is 4.39 Å². The first kappa shape index (κ1) is 16.1. The molecule has 1 N–H and O–H groups in total. The summed E-state index contributed by atoms with van der Waals surface area (Å²) in [6.07, 6.45) is 1.32. The van der Waals surface area contributed by atoms with Gasteiger partial charge in [0.25, 0.3) is 0 Å². The molecule has 0 saturated carbocycles. The van der Waals surface area contributed by atoms with Crippen LogP contribution in [0, 0.1) is 5.82 Å². The van der Waals surface area contributed by atoms with E-state index in [1.807, 2.05) is 0 Å². The van der Waals surface area contributed by atoms with Crippen LogP contribution in [0.5, 0.6) is 0 Å². The number of hydrogen-bond donors (Lipinski definition) is 1. The fourth-order valence-corrected chi connectivity index (χ4v) is 1.86. The molecule has 0 bridgehead atoms. The number of aryl methyl sites for hydroxylation is 1. The molecule has 0 aliphatic rings. The van der Waals surface area contributed by atoms with Crippen LogP contribution in [-0.2, 0) is 16.0 Å². The number of rotatable bonds is 8. The highest BCUT2D eigenvalue weighted by molar-refractivity contribution is 5.75. The monoisotopic (exact) mass is 307 g/mol. The molecular weight excluding hydrogens is 289 g/mol. The van der Waals surface area contributed by atoms with Crippen LogP contribution in [0.3, 0.4) is 0 Å². The van der Waals surface area contributed by atoms with Gasteiger partial charge in [-0.15, -0.1) is 0 Å². The van der Waals surface area contributed by atoms with Crippen molar-refractivity contribution in [2.45, 2.75) is 19.3 Å². The fourth-order valence-electron chi connectivity index (χ4n) is 1.86. The topological polar surface area (TPSA) is 77.2 Å². The van der Waals surface area contributed by atoms with Crippen molar-refractivity contribution in [3.8, 4) is 11.4 Å². The Morgan fingerprint density at radius 1 is 1.41 bits per heavy atom. The number of carbonyl (C=O) groups is 1. The van der Waals surface area contributed by atoms with E-state index in [2.05, 4.69) is 15.5 Å². The van der Waals surface area contributed by atoms with Crippen molar-refractivity contribution in [2.75, 3.05) is 20.3 Å². The Morgan fingerprint density at radius 2 is 2.23 bits per heavy atom. The van der Waals surface area contributed by atoms with Gasteiger partial charge in [-0.2, -0.15) is 4.98 Å². The third-order valence-corrected chi connectivity index (χ3v) is 3.00. The molecule has 0 atom stereocenters. The van der Waals surface area contributed by atoms with Gasteiger partial charge in [-0.3, -0.25) is 4.79 Å². The molecule has 1 aromatic carbocycles. The number of nitrogens with zero attached hydrogens (tertiary/aromatic N) is 2. The van der Waals surface area contributed by atoms with Crippen molar-refractivity contribution in [3.63, 3.8) is 0 Å². The van der Waals surface area contributed by atoms with Gasteiger partial charge in [0.05, 0.1) is 5.56 Å². The molecule has 2 aromatic rings. The van der Waals surface area contributed by atoms with Crippen LogP contribution in [0.15, 0.2) is 28.8 Å². The van der Waals surface area contributed by atoms with Crippen LogP contribution < -0.4 is 5.32 Å². The predicted molar refractivity (Wildman–Crippen MR) is 77.5 cm³/mol. The lowest BCUT2D eigenvalue weighted by atomic mass is 10.2. The predicted octanol–water partition coefficient (Wildman–Crippen LogP) is 1.96. The van der Waals surface area contributed by atoms with Crippen LogP contribution in [0.2, 0.25) is 0 Å². The summed E-state index contributed by atoms with van der Waals surface area (Å²) in [5, 5.41) is 6.50. The molecule has 0 radical (unpaired) electrons. The Morgan fingerprint density at radius 3 is 3.00 bits per heavy atom. The number of carbonyl (C=O) groups excluding carboxylic acids is 1. The molecule has 1 amide bonds. The van der Waals surface area contributed by atoms with Gasteiger partial charge in [0.1, 0.15) is 5.82 Å². The van der Waals surface area contributed by atoms with Gasteiger partial charge in [0.15, 0.2) is 0 Å². The van der Waals surface area contributed by atoms with Gasteiger partial charge in [-0.25, -0.2) is 4.39 Å². The van der Waals surface area contributed by atoms with E-state index in [9.17, 15) is 9.18 Å². The fraction of sp³-hybridized carbons (Fsp3) is 0.400. The van der Waals surface area contributed by atoms with Crippen molar-refractivity contribution >= 4 is 5.91 Å². The number of benzene rings is 1. The molecule has 1 heterocycles. The summed E-state index contributed by atoms with van der Waals surface area (Å²) in [6, 6.07) is 6.20. The molecular formula is C15H18FN3O3. The van der Waals surface area contributed by atoms with E-state index < -0.39 is 5.82 Å². The summed E-state index contributed by atoms with van der Waals surface area (Å²) in [5.41, 5.74) is 0.279. The van der Waals surface area contributed by atoms with E-state index >= 15 is 0 Å². The molecule has 0 aliphatic heterocycles. The lowest BCUT2D eigenvalue weighted by Crippen LogP contribution is -2.25. The van der Waals surface area contributed by atoms with Crippen molar-refractivity contribution in [1.29, 1.82) is 0 Å². The highest BCUT2D eigenvalue weighted by Crippen LogP contribution is 2.19. The molecule has 0 unspecified atom stereocenters. The summed E-state index contributed by atoms with van der Waals surface area (Å²) >= 11 is 0. The van der Waals surface area contributed by atoms with Crippen molar-refractivity contribution in [1.82, 2.24) is 15.5 Å². The van der Waals surface area contributed by atoms with Crippen molar-refractivity contribution < 1.29 is 18.4 Å². The maximum Gasteiger partial charge on any atom is 0.227 e. The van der Waals surface area contributed by atoms with E-state index in [-0.39, 0.29) is 23.7 Å². The Bertz CT molecular complexity index is 616. The number of hydrogen-bond acceptors (Lipinski definition) is 5. The molecule has 0 spiro atoms. The largest absolute Gasteiger partial charge is 0.385 e. The summed E-state index contributed by atoms with van der Waals surface area (Å²) < 4.78 is 23.5. The third kappa shape index (κ3) is 4.63. The molecule has 0 saturated heterocycles. The van der Waals surface area contributed by atoms with Crippen molar-refractivity contribution in [3.05, 3.63) is 36.0 Å². The minimum atomic E-state index is -0.411. The number of amides is 1. The van der Waals surface area contributed by atoms with Gasteiger partial charge in [-0.05, 0) is 18.6 Å². The van der Waals surface area contributed by atoms with Gasteiger partial charge in [0.2, 0.25) is 17.6 Å². The average Bonchev–Trinajstić information content (AvgIpc) is 2.99. The van der Waals surface area contributed by atoms with Gasteiger partial charge >= 0.3 is 0 Å². The molecule has 22 heavy (non-hydrogen) atoms. The zero-order chi connectivity index (χ0) is 15.8. The summed E-state index contributed by atoms with van der Waals surface area (Å²) in [6.45, 7) is 1.17. The summed E-state index contributed by atoms with van der Waals surface area (Å²) in [4.78, 5) is 15.7. The SMILES string of the molecule is COCCCNC(=O)CCc1nc(-c2ccccc2F)no1. The highest BCUT2D eigenvalue weighted by Gasteiger charge is 2.13. The standard InChI is InChI=1S/C15H18FN3O3/c1-21-10-4-9-17-13(20)7-8-14-18-15(19-22-14)11-5-2-3-6-12(11)16/h2-3,5-6H,4,7-10H2,1H3,(H,17,20). The maximum absolute atomic E-state index is 13.6. The van der Waals surface area contributed by atoms with Crippen molar-refractivity contribution in [2.24, 2.45) is 0 Å². The highest BCUT2D eigenvalue weighted by atomic mass is 19.1. The first-order chi connectivity index (χ1) is 10.7. The van der Waals surface area contributed by atoms with E-state index in [1.165, 1.54) is 6.07 Å². The second-order valence-electron chi connectivity index (χ2n) is 4.69. The number of nitrogens with one attached hydrogen (secondary N) is 1. The van der Waals surface area contributed by atoms with E-state index in [0.29, 0.717) is 25.5 Å². The molecule has 0 fully saturated rings. The van der Waals surface area contributed by atoms with Gasteiger partial charge in [-0.1, -0.05) is 17.3 Å². The van der Waals surface area contributed by atoms with E-state index in [0.717, 1.165) is 6.42 Å². The number of halogens is 1. The normalized spacial score (nSPS) is 10.6. The van der Waals surface area contributed by atoms with E-state index in [1.54, 1.807) is 25.3 Å². The Labute approximate surface area is 127 Å². The second kappa shape index (κ2) is 8.23. The minimum Gasteiger partial charge on any atom is -0.385 e. The van der Waals surface area contributed by atoms with Crippen LogP contribution in [0.1, 0.15) is 18.7 Å². The maximum atomic E-state index is 13.6. The molecule has 6 nitrogen and oxygen atoms in total. The zero-order valence-electron chi connectivity index (χ0n) is 12.3. The summed E-state index contributed by atoms with van der Waals surface area (Å²) in [7, 11) is 1.62. The zero-order valence-corrected chi connectivity index (χ0v) is 12.3. The van der Waals surface area contributed by atoms with Crippen LogP contribution in [0.25, 0.3) is 11.4 Å². The van der Waals surface area contributed by atoms with Gasteiger partial charge < -0.3 is 14.6 Å². The Balaban J connectivity index is 1.83. The molecule has 2 rings (SSSR count). The van der Waals surface area contributed by atoms with Gasteiger partial charge in [0, 0.05) is 33.1 Å². The van der Waals surface area contributed by atoms with Crippen LogP contribution >= 0.6 is 0 Å². The molecule has 7 heteroatoms. The molecule has 1 aromatic heterocycles. The first-order valence-corrected chi connectivity index (χ1v) is 7.04. The number of methoxy groups -OCH3 is 1. The Kier molecular flexibility index (Phi) is 6.02. The molecule has 0 aliphatic carbocycles. The quantitative estimate of drug-likeness (QED) is 0.754. The third-order valence-electron chi connectivity index (χ3n) is 3.00. The average molecular weight is 307 g/mol. The lowest BCUT2D eigenvalue weighted by molar-refractivity contribution is -0.121. The first-order valence-electron chi connectivity index (χ1n) is 7.04. The number of ether oxygens (including phenoxy) is 1. The lowest BCUT2D eigenvalue weighted by Gasteiger charge is -2.02. The van der Waals surface area contributed by atoms with Crippen LogP contribution in [-0.4, -0.2) is 36.3 Å². The number of aromatic nitrogens is 2. The Hall–Kier alpha value is -2.28. The second-order valence-corrected chi connectivity index (χ2v) is 4.69. The molecule has 118 valence electrons. The summed E-state index contributed by atoms with van der Waals surface area (Å²) in [5.74, 6) is -0.00798.